The molecule has 0 aromatic rings. The zero-order chi connectivity index (χ0) is 15.1. The van der Waals surface area contributed by atoms with Crippen molar-refractivity contribution in [2.75, 3.05) is 37.7 Å². The molecule has 1 unspecified atom stereocenters. The summed E-state index contributed by atoms with van der Waals surface area (Å²) in [6, 6.07) is 0. The second kappa shape index (κ2) is 9.83. The van der Waals surface area contributed by atoms with Crippen molar-refractivity contribution in [1.29, 1.82) is 0 Å². The molecule has 0 aromatic heterocycles. The third kappa shape index (κ3) is 8.20. The van der Waals surface area contributed by atoms with Gasteiger partial charge in [-0.25, -0.2) is 8.42 Å². The van der Waals surface area contributed by atoms with Crippen LogP contribution in [-0.4, -0.2) is 57.7 Å². The smallest absolute Gasteiger partial charge is 0.191 e. The highest BCUT2D eigenvalue weighted by atomic mass is 127. The molecule has 2 N–H and O–H groups in total. The van der Waals surface area contributed by atoms with E-state index in [-0.39, 0.29) is 41.1 Å². The second-order valence-corrected chi connectivity index (χ2v) is 7.73. The van der Waals surface area contributed by atoms with Gasteiger partial charge in [0.15, 0.2) is 15.8 Å². The standard InChI is InChI=1S/C13H27N3O3S.HI/c1-4-14-12(15-8-10-20(17,18)5-2)16-11-13(3)7-6-9-19-13;/h4-11H2,1-3H3,(H2,14,15,16);1H. The van der Waals surface area contributed by atoms with Crippen molar-refractivity contribution < 1.29 is 13.2 Å². The lowest BCUT2D eigenvalue weighted by Gasteiger charge is -2.21. The zero-order valence-electron chi connectivity index (χ0n) is 13.1. The van der Waals surface area contributed by atoms with Crippen LogP contribution in [-0.2, 0) is 14.6 Å². The summed E-state index contributed by atoms with van der Waals surface area (Å²) in [5.74, 6) is 0.950. The Bertz CT molecular complexity index is 420. The fourth-order valence-corrected chi connectivity index (χ4v) is 2.72. The van der Waals surface area contributed by atoms with E-state index in [9.17, 15) is 8.42 Å². The van der Waals surface area contributed by atoms with Gasteiger partial charge in [0.25, 0.3) is 0 Å². The summed E-state index contributed by atoms with van der Waals surface area (Å²) in [7, 11) is -2.94. The number of nitrogens with zero attached hydrogens (tertiary/aromatic N) is 1. The monoisotopic (exact) mass is 433 g/mol. The van der Waals surface area contributed by atoms with E-state index in [2.05, 4.69) is 22.5 Å². The summed E-state index contributed by atoms with van der Waals surface area (Å²) in [6.07, 6.45) is 2.09. The van der Waals surface area contributed by atoms with Crippen LogP contribution >= 0.6 is 24.0 Å². The number of rotatable bonds is 7. The van der Waals surface area contributed by atoms with Crippen molar-refractivity contribution >= 4 is 39.8 Å². The molecule has 0 saturated carbocycles. The molecule has 1 heterocycles. The summed E-state index contributed by atoms with van der Waals surface area (Å²) in [4.78, 5) is 4.49. The van der Waals surface area contributed by atoms with Gasteiger partial charge in [0.05, 0.1) is 17.9 Å². The average Bonchev–Trinajstić information content (AvgIpc) is 2.83. The van der Waals surface area contributed by atoms with E-state index in [1.807, 2.05) is 6.92 Å². The number of aliphatic imine (C=N–C) groups is 1. The van der Waals surface area contributed by atoms with Gasteiger partial charge in [0.2, 0.25) is 0 Å². The van der Waals surface area contributed by atoms with Gasteiger partial charge in [-0.3, -0.25) is 4.99 Å². The van der Waals surface area contributed by atoms with E-state index in [1.165, 1.54) is 0 Å². The lowest BCUT2D eigenvalue weighted by atomic mass is 10.0. The minimum atomic E-state index is -2.94. The summed E-state index contributed by atoms with van der Waals surface area (Å²) in [5, 5.41) is 6.17. The molecule has 21 heavy (non-hydrogen) atoms. The molecular formula is C13H28IN3O3S. The van der Waals surface area contributed by atoms with E-state index in [0.29, 0.717) is 19.0 Å². The average molecular weight is 433 g/mol. The first kappa shape index (κ1) is 20.9. The Balaban J connectivity index is 0.00000400. The number of hydrogen-bond acceptors (Lipinski definition) is 4. The van der Waals surface area contributed by atoms with E-state index in [4.69, 9.17) is 4.74 Å². The SMILES string of the molecule is CCNC(=NCC1(C)CCCO1)NCCS(=O)(=O)CC.I. The van der Waals surface area contributed by atoms with Crippen molar-refractivity contribution in [2.45, 2.75) is 39.2 Å². The van der Waals surface area contributed by atoms with E-state index >= 15 is 0 Å². The first-order valence-corrected chi connectivity index (χ1v) is 9.09. The molecule has 1 rings (SSSR count). The molecule has 1 aliphatic heterocycles. The van der Waals surface area contributed by atoms with Gasteiger partial charge >= 0.3 is 0 Å². The molecule has 1 aliphatic rings. The zero-order valence-corrected chi connectivity index (χ0v) is 16.3. The van der Waals surface area contributed by atoms with Crippen LogP contribution < -0.4 is 10.6 Å². The molecule has 1 fully saturated rings. The van der Waals surface area contributed by atoms with Gasteiger partial charge in [-0.15, -0.1) is 24.0 Å². The minimum Gasteiger partial charge on any atom is -0.373 e. The molecular weight excluding hydrogens is 405 g/mol. The van der Waals surface area contributed by atoms with E-state index in [1.54, 1.807) is 6.92 Å². The number of hydrogen-bond donors (Lipinski definition) is 2. The Kier molecular flexibility index (Phi) is 9.79. The summed E-state index contributed by atoms with van der Waals surface area (Å²) in [6.45, 7) is 8.20. The van der Waals surface area contributed by atoms with Gasteiger partial charge in [-0.1, -0.05) is 6.92 Å². The summed E-state index contributed by atoms with van der Waals surface area (Å²) >= 11 is 0. The highest BCUT2D eigenvalue weighted by Gasteiger charge is 2.29. The first-order valence-electron chi connectivity index (χ1n) is 7.27. The molecule has 0 aliphatic carbocycles. The summed E-state index contributed by atoms with van der Waals surface area (Å²) < 4.78 is 28.6. The van der Waals surface area contributed by atoms with Crippen molar-refractivity contribution in [1.82, 2.24) is 10.6 Å². The number of sulfone groups is 1. The molecule has 1 atom stereocenters. The van der Waals surface area contributed by atoms with Crippen LogP contribution in [0, 0.1) is 0 Å². The van der Waals surface area contributed by atoms with Gasteiger partial charge in [-0.2, -0.15) is 0 Å². The first-order chi connectivity index (χ1) is 9.41. The van der Waals surface area contributed by atoms with Crippen LogP contribution in [0.25, 0.3) is 0 Å². The van der Waals surface area contributed by atoms with Gasteiger partial charge in [0, 0.05) is 25.4 Å². The fourth-order valence-electron chi connectivity index (χ4n) is 2.02. The Labute approximate surface area is 145 Å². The molecule has 0 spiro atoms. The van der Waals surface area contributed by atoms with Gasteiger partial charge in [0.1, 0.15) is 0 Å². The molecule has 0 radical (unpaired) electrons. The molecule has 126 valence electrons. The second-order valence-electron chi connectivity index (χ2n) is 5.26. The van der Waals surface area contributed by atoms with Crippen LogP contribution in [0.15, 0.2) is 4.99 Å². The van der Waals surface area contributed by atoms with Crippen molar-refractivity contribution in [3.8, 4) is 0 Å². The van der Waals surface area contributed by atoms with Crippen LogP contribution in [0.2, 0.25) is 0 Å². The predicted molar refractivity (Wildman–Crippen MR) is 97.3 cm³/mol. The van der Waals surface area contributed by atoms with Gasteiger partial charge < -0.3 is 15.4 Å². The molecule has 0 bridgehead atoms. The Morgan fingerprint density at radius 1 is 1.33 bits per heavy atom. The Morgan fingerprint density at radius 3 is 2.57 bits per heavy atom. The Hall–Kier alpha value is -0.0900. The number of nitrogens with one attached hydrogen (secondary N) is 2. The lowest BCUT2D eigenvalue weighted by molar-refractivity contribution is 0.0283. The number of guanidine groups is 1. The molecule has 1 saturated heterocycles. The Morgan fingerprint density at radius 2 is 2.05 bits per heavy atom. The topological polar surface area (TPSA) is 79.8 Å². The molecule has 0 aromatic carbocycles. The van der Waals surface area contributed by atoms with Gasteiger partial charge in [-0.05, 0) is 26.7 Å². The molecule has 6 nitrogen and oxygen atoms in total. The quantitative estimate of drug-likeness (QED) is 0.358. The number of ether oxygens (including phenoxy) is 1. The number of halogens is 1. The van der Waals surface area contributed by atoms with Crippen LogP contribution in [0.5, 0.6) is 0 Å². The third-order valence-electron chi connectivity index (χ3n) is 3.36. The maximum atomic E-state index is 11.4. The molecule has 8 heteroatoms. The summed E-state index contributed by atoms with van der Waals surface area (Å²) in [5.41, 5.74) is -0.183. The van der Waals surface area contributed by atoms with E-state index in [0.717, 1.165) is 26.0 Å². The van der Waals surface area contributed by atoms with Crippen LogP contribution in [0.4, 0.5) is 0 Å². The van der Waals surface area contributed by atoms with Crippen molar-refractivity contribution in [2.24, 2.45) is 4.99 Å². The van der Waals surface area contributed by atoms with Crippen LogP contribution in [0.1, 0.15) is 33.6 Å². The highest BCUT2D eigenvalue weighted by Crippen LogP contribution is 2.24. The largest absolute Gasteiger partial charge is 0.373 e. The minimum absolute atomic E-state index is 0. The normalized spacial score (nSPS) is 22.7. The van der Waals surface area contributed by atoms with Crippen molar-refractivity contribution in [3.05, 3.63) is 0 Å². The van der Waals surface area contributed by atoms with E-state index < -0.39 is 9.84 Å². The predicted octanol–water partition coefficient (Wildman–Crippen LogP) is 1.16. The van der Waals surface area contributed by atoms with Crippen molar-refractivity contribution in [3.63, 3.8) is 0 Å². The fraction of sp³-hybridized carbons (Fsp3) is 0.923. The maximum Gasteiger partial charge on any atom is 0.191 e. The lowest BCUT2D eigenvalue weighted by Crippen LogP contribution is -2.41. The third-order valence-corrected chi connectivity index (χ3v) is 5.07. The highest BCUT2D eigenvalue weighted by molar-refractivity contribution is 14.0. The maximum absolute atomic E-state index is 11.4. The van der Waals surface area contributed by atoms with Crippen LogP contribution in [0.3, 0.4) is 0 Å². The molecule has 0 amide bonds.